The molecule has 1 aliphatic heterocycles. The van der Waals surface area contributed by atoms with Crippen molar-refractivity contribution >= 4 is 22.5 Å². The number of nitrogens with one attached hydrogen (secondary N) is 1. The number of ketones is 1. The molecule has 8 nitrogen and oxygen atoms in total. The van der Waals surface area contributed by atoms with E-state index in [-0.39, 0.29) is 36.3 Å². The van der Waals surface area contributed by atoms with Gasteiger partial charge in [0.2, 0.25) is 0 Å². The van der Waals surface area contributed by atoms with E-state index in [0.29, 0.717) is 0 Å². The van der Waals surface area contributed by atoms with Crippen LogP contribution in [0.5, 0.6) is 0 Å². The van der Waals surface area contributed by atoms with Crippen LogP contribution in [0.1, 0.15) is 46.9 Å². The third kappa shape index (κ3) is 4.33. The molecule has 0 amide bonds. The number of nitrogens with zero attached hydrogens (tertiary/aromatic N) is 3. The second-order valence-electron chi connectivity index (χ2n) is 9.20. The van der Waals surface area contributed by atoms with Gasteiger partial charge in [-0.1, -0.05) is 55.0 Å². The van der Waals surface area contributed by atoms with Crippen molar-refractivity contribution in [1.82, 2.24) is 19.0 Å². The molecule has 1 fully saturated rings. The Kier molecular flexibility index (Phi) is 6.13. The van der Waals surface area contributed by atoms with Crippen molar-refractivity contribution in [2.75, 3.05) is 18.8 Å². The van der Waals surface area contributed by atoms with Gasteiger partial charge in [-0.2, -0.15) is 0 Å². The Morgan fingerprint density at radius 2 is 1.80 bits per heavy atom. The minimum absolute atomic E-state index is 0.0420. The molecule has 4 aromatic rings. The largest absolute Gasteiger partial charge is 0.384 e. The molecule has 1 atom stereocenters. The molecule has 0 bridgehead atoms. The van der Waals surface area contributed by atoms with E-state index in [1.165, 1.54) is 11.6 Å². The van der Waals surface area contributed by atoms with Crippen LogP contribution >= 0.6 is 0 Å². The minimum Gasteiger partial charge on any atom is -0.384 e. The van der Waals surface area contributed by atoms with E-state index >= 15 is 0 Å². The zero-order valence-electron chi connectivity index (χ0n) is 19.7. The number of carbonyl (C=O) groups is 1. The van der Waals surface area contributed by atoms with Gasteiger partial charge in [0.25, 0.3) is 5.56 Å². The normalized spacial score (nSPS) is 16.5. The molecule has 0 radical (unpaired) electrons. The zero-order valence-corrected chi connectivity index (χ0v) is 19.7. The lowest BCUT2D eigenvalue weighted by molar-refractivity contribution is 0.0837. The molecule has 2 aromatic heterocycles. The molecular weight excluding hydrogens is 442 g/mol. The van der Waals surface area contributed by atoms with E-state index < -0.39 is 11.2 Å². The monoisotopic (exact) mass is 471 g/mol. The summed E-state index contributed by atoms with van der Waals surface area (Å²) in [6, 6.07) is 19.6. The van der Waals surface area contributed by atoms with E-state index in [0.717, 1.165) is 52.5 Å². The number of fused-ring (bicyclic) bond motifs is 1. The van der Waals surface area contributed by atoms with Crippen LogP contribution in [0.2, 0.25) is 0 Å². The first-order valence-corrected chi connectivity index (χ1v) is 11.9. The second-order valence-corrected chi connectivity index (χ2v) is 9.20. The van der Waals surface area contributed by atoms with Crippen molar-refractivity contribution < 1.29 is 4.79 Å². The summed E-state index contributed by atoms with van der Waals surface area (Å²) >= 11 is 0. The summed E-state index contributed by atoms with van der Waals surface area (Å²) in [7, 11) is 1.39. The number of carbonyl (C=O) groups excluding carboxylic acids is 1. The van der Waals surface area contributed by atoms with Crippen molar-refractivity contribution in [3.8, 4) is 0 Å². The van der Waals surface area contributed by atoms with E-state index in [2.05, 4.69) is 22.0 Å². The lowest BCUT2D eigenvalue weighted by atomic mass is 9.98. The number of aromatic nitrogens is 3. The smallest absolute Gasteiger partial charge is 0.332 e. The summed E-state index contributed by atoms with van der Waals surface area (Å²) in [4.78, 5) is 44.9. The van der Waals surface area contributed by atoms with Crippen LogP contribution in [-0.2, 0) is 13.6 Å². The van der Waals surface area contributed by atoms with Gasteiger partial charge in [0, 0.05) is 18.3 Å². The van der Waals surface area contributed by atoms with Crippen LogP contribution in [-0.4, -0.2) is 37.9 Å². The van der Waals surface area contributed by atoms with Gasteiger partial charge in [-0.3, -0.25) is 23.6 Å². The maximum atomic E-state index is 13.5. The van der Waals surface area contributed by atoms with Gasteiger partial charge in [-0.25, -0.2) is 4.79 Å². The van der Waals surface area contributed by atoms with Crippen LogP contribution in [0.15, 0.2) is 70.3 Å². The number of piperidine rings is 1. The number of Topliss-reactive ketones (excluding diaryl/α,β-unsaturated/α-hetero) is 1. The Hall–Kier alpha value is -3.91. The molecule has 2 aromatic carbocycles. The highest BCUT2D eigenvalue weighted by atomic mass is 16.2. The highest BCUT2D eigenvalue weighted by Crippen LogP contribution is 2.32. The SMILES string of the molecule is Cn1c(=O)c(C(=O)CN2CCCCC2c2cc3ccccc3[nH]2)c(N)n(Cc2ccccc2)c1=O. The topological polar surface area (TPSA) is 106 Å². The molecule has 0 aliphatic carbocycles. The maximum absolute atomic E-state index is 13.5. The summed E-state index contributed by atoms with van der Waals surface area (Å²) < 4.78 is 2.27. The number of nitrogens with two attached hydrogens (primary N) is 1. The van der Waals surface area contributed by atoms with E-state index in [9.17, 15) is 14.4 Å². The minimum atomic E-state index is -0.652. The number of para-hydroxylation sites is 1. The third-order valence-corrected chi connectivity index (χ3v) is 6.92. The first kappa shape index (κ1) is 22.9. The van der Waals surface area contributed by atoms with Crippen LogP contribution in [0.25, 0.3) is 10.9 Å². The summed E-state index contributed by atoms with van der Waals surface area (Å²) in [6.45, 7) is 0.986. The quantitative estimate of drug-likeness (QED) is 0.421. The molecule has 35 heavy (non-hydrogen) atoms. The number of nitrogen functional groups attached to an aromatic ring is 1. The molecule has 5 rings (SSSR count). The lowest BCUT2D eigenvalue weighted by Crippen LogP contribution is -2.45. The Morgan fingerprint density at radius 1 is 1.06 bits per heavy atom. The number of anilines is 1. The first-order chi connectivity index (χ1) is 16.9. The fourth-order valence-electron chi connectivity index (χ4n) is 5.04. The number of hydrogen-bond acceptors (Lipinski definition) is 5. The van der Waals surface area contributed by atoms with Crippen molar-refractivity contribution in [1.29, 1.82) is 0 Å². The van der Waals surface area contributed by atoms with Gasteiger partial charge in [0.05, 0.1) is 19.1 Å². The fourth-order valence-corrected chi connectivity index (χ4v) is 5.04. The summed E-state index contributed by atoms with van der Waals surface area (Å²) in [5, 5.41) is 1.13. The molecule has 1 unspecified atom stereocenters. The van der Waals surface area contributed by atoms with E-state index in [1.807, 2.05) is 48.5 Å². The first-order valence-electron chi connectivity index (χ1n) is 11.9. The van der Waals surface area contributed by atoms with Gasteiger partial charge in [-0.15, -0.1) is 0 Å². The molecule has 3 N–H and O–H groups in total. The molecular formula is C27H29N5O3. The highest BCUT2D eigenvalue weighted by Gasteiger charge is 2.30. The lowest BCUT2D eigenvalue weighted by Gasteiger charge is -2.34. The second kappa shape index (κ2) is 9.38. The summed E-state index contributed by atoms with van der Waals surface area (Å²) in [5.41, 5.74) is 7.97. The standard InChI is InChI=1S/C27H29N5O3/c1-30-26(34)24(25(28)32(27(30)35)16-18-9-3-2-4-10-18)23(33)17-31-14-8-7-13-22(31)21-15-19-11-5-6-12-20(19)29-21/h2-6,9-12,15,22,29H,7-8,13-14,16-17,28H2,1H3. The molecule has 8 heteroatoms. The Labute approximate surface area is 202 Å². The van der Waals surface area contributed by atoms with Gasteiger partial charge in [0.1, 0.15) is 11.4 Å². The summed E-state index contributed by atoms with van der Waals surface area (Å²) in [6.07, 6.45) is 2.96. The van der Waals surface area contributed by atoms with E-state index in [1.54, 1.807) is 0 Å². The Bertz CT molecular complexity index is 1470. The van der Waals surface area contributed by atoms with Crippen LogP contribution in [0.4, 0.5) is 5.82 Å². The molecule has 0 spiro atoms. The van der Waals surface area contributed by atoms with Crippen molar-refractivity contribution in [2.45, 2.75) is 31.8 Å². The van der Waals surface area contributed by atoms with Gasteiger partial charge in [-0.05, 0) is 42.5 Å². The van der Waals surface area contributed by atoms with Crippen molar-refractivity contribution in [2.24, 2.45) is 7.05 Å². The van der Waals surface area contributed by atoms with Crippen LogP contribution in [0, 0.1) is 0 Å². The van der Waals surface area contributed by atoms with Crippen LogP contribution < -0.4 is 17.0 Å². The number of hydrogen-bond donors (Lipinski definition) is 2. The highest BCUT2D eigenvalue weighted by molar-refractivity contribution is 6.01. The average molecular weight is 472 g/mol. The zero-order chi connectivity index (χ0) is 24.5. The van der Waals surface area contributed by atoms with Gasteiger partial charge >= 0.3 is 5.69 Å². The molecule has 3 heterocycles. The van der Waals surface area contributed by atoms with Crippen molar-refractivity contribution in [3.63, 3.8) is 0 Å². The molecule has 180 valence electrons. The predicted molar refractivity (Wildman–Crippen MR) is 137 cm³/mol. The molecule has 0 saturated carbocycles. The number of likely N-dealkylation sites (tertiary alicyclic amines) is 1. The number of rotatable bonds is 6. The molecule has 1 saturated heterocycles. The Balaban J connectivity index is 1.47. The van der Waals surface area contributed by atoms with Gasteiger partial charge < -0.3 is 10.7 Å². The maximum Gasteiger partial charge on any atom is 0.332 e. The van der Waals surface area contributed by atoms with Gasteiger partial charge in [0.15, 0.2) is 5.78 Å². The predicted octanol–water partition coefficient (Wildman–Crippen LogP) is 3.07. The Morgan fingerprint density at radius 3 is 2.57 bits per heavy atom. The summed E-state index contributed by atoms with van der Waals surface area (Å²) in [5.74, 6) is -0.445. The average Bonchev–Trinajstić information content (AvgIpc) is 3.30. The number of H-pyrrole nitrogens is 1. The van der Waals surface area contributed by atoms with Crippen LogP contribution in [0.3, 0.4) is 0 Å². The number of benzene rings is 2. The fraction of sp³-hybridized carbons (Fsp3) is 0.296. The van der Waals surface area contributed by atoms with E-state index in [4.69, 9.17) is 5.73 Å². The third-order valence-electron chi connectivity index (χ3n) is 6.92. The number of aromatic amines is 1. The van der Waals surface area contributed by atoms with Crippen molar-refractivity contribution in [3.05, 3.63) is 98.3 Å². The molecule has 1 aliphatic rings.